The highest BCUT2D eigenvalue weighted by Gasteiger charge is 2.23. The lowest BCUT2D eigenvalue weighted by Crippen LogP contribution is -2.28. The molecule has 20 heavy (non-hydrogen) atoms. The Kier molecular flexibility index (Phi) is 4.80. The van der Waals surface area contributed by atoms with Crippen LogP contribution in [-0.2, 0) is 10.0 Å². The smallest absolute Gasteiger partial charge is 0.207 e. The molecule has 7 heteroatoms. The van der Waals surface area contributed by atoms with E-state index in [9.17, 15) is 12.8 Å². The van der Waals surface area contributed by atoms with Crippen molar-refractivity contribution < 1.29 is 12.8 Å². The summed E-state index contributed by atoms with van der Waals surface area (Å²) in [6.45, 7) is 1.85. The third-order valence-corrected chi connectivity index (χ3v) is 5.62. The van der Waals surface area contributed by atoms with Gasteiger partial charge in [-0.3, -0.25) is 0 Å². The van der Waals surface area contributed by atoms with Crippen molar-refractivity contribution in [3.8, 4) is 0 Å². The molecule has 0 aliphatic heterocycles. The van der Waals surface area contributed by atoms with Crippen LogP contribution in [0.25, 0.3) is 0 Å². The van der Waals surface area contributed by atoms with Crippen molar-refractivity contribution in [1.82, 2.24) is 4.72 Å². The Bertz CT molecular complexity index is 700. The van der Waals surface area contributed by atoms with Crippen LogP contribution in [0.1, 0.15) is 24.3 Å². The summed E-state index contributed by atoms with van der Waals surface area (Å²) < 4.78 is 41.2. The number of halogens is 2. The summed E-state index contributed by atoms with van der Waals surface area (Å²) >= 11 is 7.16. The van der Waals surface area contributed by atoms with E-state index in [-0.39, 0.29) is 4.90 Å². The first-order valence-corrected chi connectivity index (χ1v) is 8.64. The molecule has 0 bridgehead atoms. The van der Waals surface area contributed by atoms with E-state index in [0.717, 1.165) is 10.9 Å². The van der Waals surface area contributed by atoms with Gasteiger partial charge in [0.15, 0.2) is 0 Å². The standard InChI is InChI=1S/C13H13ClFNO2S2/c1-2-10(11-7-8-13(14)19-11)16-20(17,18)12-6-4-3-5-9(12)15/h3-8,10,16H,2H2,1H3/t10-/m0/s1. The minimum atomic E-state index is -3.90. The Morgan fingerprint density at radius 1 is 1.30 bits per heavy atom. The molecule has 1 aromatic heterocycles. The summed E-state index contributed by atoms with van der Waals surface area (Å²) in [4.78, 5) is 0.457. The normalized spacial score (nSPS) is 13.3. The summed E-state index contributed by atoms with van der Waals surface area (Å²) in [7, 11) is -3.90. The second-order valence-electron chi connectivity index (χ2n) is 4.15. The van der Waals surface area contributed by atoms with Gasteiger partial charge in [0.05, 0.1) is 10.4 Å². The van der Waals surface area contributed by atoms with E-state index in [1.807, 2.05) is 6.92 Å². The van der Waals surface area contributed by atoms with Gasteiger partial charge in [-0.15, -0.1) is 11.3 Å². The maximum atomic E-state index is 13.6. The predicted molar refractivity (Wildman–Crippen MR) is 79.1 cm³/mol. The van der Waals surface area contributed by atoms with E-state index >= 15 is 0 Å². The lowest BCUT2D eigenvalue weighted by atomic mass is 10.2. The zero-order valence-electron chi connectivity index (χ0n) is 10.6. The van der Waals surface area contributed by atoms with Gasteiger partial charge >= 0.3 is 0 Å². The molecule has 0 radical (unpaired) electrons. The number of benzene rings is 1. The first kappa shape index (κ1) is 15.4. The molecule has 0 fully saturated rings. The molecule has 0 spiro atoms. The highest BCUT2D eigenvalue weighted by atomic mass is 35.5. The summed E-state index contributed by atoms with van der Waals surface area (Å²) in [5.41, 5.74) is 0. The molecule has 1 aromatic carbocycles. The summed E-state index contributed by atoms with van der Waals surface area (Å²) in [6, 6.07) is 8.36. The van der Waals surface area contributed by atoms with Gasteiger partial charge in [-0.25, -0.2) is 17.5 Å². The number of thiophene rings is 1. The zero-order valence-corrected chi connectivity index (χ0v) is 13.0. The average molecular weight is 334 g/mol. The van der Waals surface area contributed by atoms with Crippen LogP contribution in [0.15, 0.2) is 41.3 Å². The van der Waals surface area contributed by atoms with Crippen molar-refractivity contribution in [2.24, 2.45) is 0 Å². The fraction of sp³-hybridized carbons (Fsp3) is 0.231. The maximum Gasteiger partial charge on any atom is 0.244 e. The molecular formula is C13H13ClFNO2S2. The van der Waals surface area contributed by atoms with Crippen molar-refractivity contribution in [3.63, 3.8) is 0 Å². The Hall–Kier alpha value is -0.950. The van der Waals surface area contributed by atoms with Gasteiger partial charge in [-0.05, 0) is 30.7 Å². The number of nitrogens with one attached hydrogen (secondary N) is 1. The van der Waals surface area contributed by atoms with Crippen LogP contribution in [0.2, 0.25) is 4.34 Å². The molecule has 0 amide bonds. The first-order valence-electron chi connectivity index (χ1n) is 5.96. The molecule has 1 N–H and O–H groups in total. The minimum absolute atomic E-state index is 0.346. The monoisotopic (exact) mass is 333 g/mol. The molecule has 2 rings (SSSR count). The number of sulfonamides is 1. The third kappa shape index (κ3) is 3.38. The van der Waals surface area contributed by atoms with Crippen molar-refractivity contribution in [3.05, 3.63) is 51.4 Å². The Labute approximate surface area is 126 Å². The van der Waals surface area contributed by atoms with Crippen LogP contribution in [0.5, 0.6) is 0 Å². The molecule has 3 nitrogen and oxygen atoms in total. The number of hydrogen-bond donors (Lipinski definition) is 1. The van der Waals surface area contributed by atoms with Crippen molar-refractivity contribution in [1.29, 1.82) is 0 Å². The molecule has 0 saturated heterocycles. The highest BCUT2D eigenvalue weighted by Crippen LogP contribution is 2.30. The van der Waals surface area contributed by atoms with E-state index in [4.69, 9.17) is 11.6 Å². The van der Waals surface area contributed by atoms with E-state index in [0.29, 0.717) is 10.8 Å². The fourth-order valence-electron chi connectivity index (χ4n) is 1.77. The molecule has 2 aromatic rings. The van der Waals surface area contributed by atoms with Crippen LogP contribution in [0.4, 0.5) is 4.39 Å². The number of rotatable bonds is 5. The van der Waals surface area contributed by atoms with Gasteiger partial charge in [-0.2, -0.15) is 0 Å². The van der Waals surface area contributed by atoms with E-state index in [2.05, 4.69) is 4.72 Å². The van der Waals surface area contributed by atoms with Gasteiger partial charge in [0.1, 0.15) is 10.7 Å². The molecule has 0 saturated carbocycles. The molecule has 108 valence electrons. The maximum absolute atomic E-state index is 13.6. The molecule has 0 unspecified atom stereocenters. The van der Waals surface area contributed by atoms with E-state index in [1.54, 1.807) is 12.1 Å². The van der Waals surface area contributed by atoms with Gasteiger partial charge < -0.3 is 0 Å². The minimum Gasteiger partial charge on any atom is -0.207 e. The van der Waals surface area contributed by atoms with Gasteiger partial charge in [0, 0.05) is 4.88 Å². The lowest BCUT2D eigenvalue weighted by Gasteiger charge is -2.16. The highest BCUT2D eigenvalue weighted by molar-refractivity contribution is 7.89. The van der Waals surface area contributed by atoms with Crippen molar-refractivity contribution in [2.45, 2.75) is 24.3 Å². The van der Waals surface area contributed by atoms with Gasteiger partial charge in [0.25, 0.3) is 0 Å². The third-order valence-electron chi connectivity index (χ3n) is 2.77. The largest absolute Gasteiger partial charge is 0.244 e. The quantitative estimate of drug-likeness (QED) is 0.899. The van der Waals surface area contributed by atoms with Gasteiger partial charge in [0.2, 0.25) is 10.0 Å². The molecule has 1 atom stereocenters. The summed E-state index contributed by atoms with van der Waals surface area (Å²) in [5, 5.41) is 0. The van der Waals surface area contributed by atoms with E-state index < -0.39 is 21.9 Å². The first-order chi connectivity index (χ1) is 9.44. The van der Waals surface area contributed by atoms with E-state index in [1.165, 1.54) is 29.5 Å². The lowest BCUT2D eigenvalue weighted by molar-refractivity contribution is 0.537. The Morgan fingerprint density at radius 2 is 2.00 bits per heavy atom. The van der Waals surface area contributed by atoms with Crippen LogP contribution in [0.3, 0.4) is 0 Å². The van der Waals surface area contributed by atoms with Crippen molar-refractivity contribution >= 4 is 33.0 Å². The van der Waals surface area contributed by atoms with Crippen LogP contribution < -0.4 is 4.72 Å². The summed E-state index contributed by atoms with van der Waals surface area (Å²) in [5.74, 6) is -0.765. The van der Waals surface area contributed by atoms with Crippen molar-refractivity contribution in [2.75, 3.05) is 0 Å². The van der Waals surface area contributed by atoms with Crippen LogP contribution >= 0.6 is 22.9 Å². The molecular weight excluding hydrogens is 321 g/mol. The Balaban J connectivity index is 2.29. The van der Waals surface area contributed by atoms with Crippen LogP contribution in [0, 0.1) is 5.82 Å². The second-order valence-corrected chi connectivity index (χ2v) is 7.58. The summed E-state index contributed by atoms with van der Waals surface area (Å²) in [6.07, 6.45) is 0.546. The molecule has 0 aliphatic rings. The predicted octanol–water partition coefficient (Wildman–Crippen LogP) is 3.97. The second kappa shape index (κ2) is 6.22. The zero-order chi connectivity index (χ0) is 14.8. The molecule has 1 heterocycles. The fourth-order valence-corrected chi connectivity index (χ4v) is 4.42. The van der Waals surface area contributed by atoms with Gasteiger partial charge in [-0.1, -0.05) is 30.7 Å². The molecule has 0 aliphatic carbocycles. The average Bonchev–Trinajstić information content (AvgIpc) is 2.83. The topological polar surface area (TPSA) is 46.2 Å². The Morgan fingerprint density at radius 3 is 2.55 bits per heavy atom. The van der Waals surface area contributed by atoms with Crippen LogP contribution in [-0.4, -0.2) is 8.42 Å². The number of hydrogen-bond acceptors (Lipinski definition) is 3. The SMILES string of the molecule is CC[C@H](NS(=O)(=O)c1ccccc1F)c1ccc(Cl)s1.